The molecule has 2 aliphatic carbocycles. The van der Waals surface area contributed by atoms with Gasteiger partial charge in [0.05, 0.1) is 17.8 Å². The lowest BCUT2D eigenvalue weighted by atomic mass is 9.84. The summed E-state index contributed by atoms with van der Waals surface area (Å²) in [5.41, 5.74) is 0. The summed E-state index contributed by atoms with van der Waals surface area (Å²) in [6.07, 6.45) is -2.58. The highest BCUT2D eigenvalue weighted by atomic mass is 19.4. The van der Waals surface area contributed by atoms with Crippen LogP contribution >= 0.6 is 0 Å². The Morgan fingerprint density at radius 1 is 1.11 bits per heavy atom. The predicted molar refractivity (Wildman–Crippen MR) is 59.2 cm³/mol. The predicted octanol–water partition coefficient (Wildman–Crippen LogP) is 1.94. The molecular weight excluding hydrogens is 263 g/mol. The number of carboxylic acid groups (broad SMARTS) is 1. The van der Waals surface area contributed by atoms with E-state index in [1.54, 1.807) is 0 Å². The first-order valence-electron chi connectivity index (χ1n) is 6.40. The number of carboxylic acids is 1. The molecule has 2 saturated carbocycles. The second kappa shape index (κ2) is 5.02. The van der Waals surface area contributed by atoms with Gasteiger partial charge in [-0.15, -0.1) is 0 Å². The SMILES string of the molecule is O=C(O)C1CC1C(=O)NC1CCCCC1C(F)(F)F. The van der Waals surface area contributed by atoms with E-state index in [0.29, 0.717) is 19.3 Å². The van der Waals surface area contributed by atoms with E-state index in [1.807, 2.05) is 0 Å². The second-order valence-corrected chi connectivity index (χ2v) is 5.33. The molecule has 4 unspecified atom stereocenters. The number of rotatable bonds is 3. The molecule has 0 radical (unpaired) electrons. The van der Waals surface area contributed by atoms with Gasteiger partial charge in [0.1, 0.15) is 0 Å². The van der Waals surface area contributed by atoms with Crippen molar-refractivity contribution in [1.29, 1.82) is 0 Å². The van der Waals surface area contributed by atoms with Crippen LogP contribution in [0.3, 0.4) is 0 Å². The average Bonchev–Trinajstić information content (AvgIpc) is 3.08. The minimum atomic E-state index is -4.31. The topological polar surface area (TPSA) is 66.4 Å². The highest BCUT2D eigenvalue weighted by molar-refractivity contribution is 5.89. The zero-order chi connectivity index (χ0) is 14.2. The number of hydrogen-bond acceptors (Lipinski definition) is 2. The van der Waals surface area contributed by atoms with Gasteiger partial charge in [0.25, 0.3) is 0 Å². The monoisotopic (exact) mass is 279 g/mol. The van der Waals surface area contributed by atoms with Crippen LogP contribution < -0.4 is 5.32 Å². The van der Waals surface area contributed by atoms with E-state index >= 15 is 0 Å². The van der Waals surface area contributed by atoms with Crippen molar-refractivity contribution in [2.24, 2.45) is 17.8 Å². The fraction of sp³-hybridized carbons (Fsp3) is 0.833. The number of nitrogens with one attached hydrogen (secondary N) is 1. The zero-order valence-corrected chi connectivity index (χ0v) is 10.2. The van der Waals surface area contributed by atoms with Crippen molar-refractivity contribution < 1.29 is 27.9 Å². The number of alkyl halides is 3. The largest absolute Gasteiger partial charge is 0.481 e. The van der Waals surface area contributed by atoms with Crippen LogP contribution in [0.5, 0.6) is 0 Å². The van der Waals surface area contributed by atoms with Gasteiger partial charge in [-0.2, -0.15) is 13.2 Å². The first kappa shape index (κ1) is 14.1. The average molecular weight is 279 g/mol. The van der Waals surface area contributed by atoms with E-state index < -0.39 is 41.8 Å². The summed E-state index contributed by atoms with van der Waals surface area (Å²) in [5, 5.41) is 11.1. The Morgan fingerprint density at radius 3 is 2.26 bits per heavy atom. The summed E-state index contributed by atoms with van der Waals surface area (Å²) in [6, 6.07) is -0.906. The minimum Gasteiger partial charge on any atom is -0.481 e. The smallest absolute Gasteiger partial charge is 0.393 e. The van der Waals surface area contributed by atoms with Crippen LogP contribution in [0.4, 0.5) is 13.2 Å². The molecule has 2 fully saturated rings. The third-order valence-corrected chi connectivity index (χ3v) is 3.96. The van der Waals surface area contributed by atoms with Crippen LogP contribution in [0.25, 0.3) is 0 Å². The molecule has 0 aromatic rings. The standard InChI is InChI=1S/C12H16F3NO3/c13-12(14,15)8-3-1-2-4-9(8)16-10(17)6-5-7(6)11(18)19/h6-9H,1-5H2,(H,16,17)(H,18,19). The quantitative estimate of drug-likeness (QED) is 0.829. The van der Waals surface area contributed by atoms with Gasteiger partial charge >= 0.3 is 12.1 Å². The van der Waals surface area contributed by atoms with Gasteiger partial charge in [0.2, 0.25) is 5.91 Å². The summed E-state index contributed by atoms with van der Waals surface area (Å²) in [6.45, 7) is 0. The molecule has 4 atom stereocenters. The fourth-order valence-electron chi connectivity index (χ4n) is 2.74. The van der Waals surface area contributed by atoms with Crippen molar-refractivity contribution in [3.8, 4) is 0 Å². The van der Waals surface area contributed by atoms with Gasteiger partial charge in [-0.3, -0.25) is 9.59 Å². The van der Waals surface area contributed by atoms with E-state index in [2.05, 4.69) is 5.32 Å². The number of halogens is 3. The van der Waals surface area contributed by atoms with Gasteiger partial charge in [0.15, 0.2) is 0 Å². The maximum absolute atomic E-state index is 12.8. The molecule has 108 valence electrons. The van der Waals surface area contributed by atoms with Crippen LogP contribution in [-0.4, -0.2) is 29.2 Å². The van der Waals surface area contributed by atoms with Gasteiger partial charge in [-0.25, -0.2) is 0 Å². The van der Waals surface area contributed by atoms with Crippen LogP contribution in [0.1, 0.15) is 32.1 Å². The lowest BCUT2D eigenvalue weighted by Crippen LogP contribution is -2.48. The fourth-order valence-corrected chi connectivity index (χ4v) is 2.74. The second-order valence-electron chi connectivity index (χ2n) is 5.33. The van der Waals surface area contributed by atoms with Crippen molar-refractivity contribution in [3.05, 3.63) is 0 Å². The van der Waals surface area contributed by atoms with Crippen molar-refractivity contribution in [3.63, 3.8) is 0 Å². The molecular formula is C12H16F3NO3. The first-order valence-corrected chi connectivity index (χ1v) is 6.40. The van der Waals surface area contributed by atoms with Crippen molar-refractivity contribution in [2.45, 2.75) is 44.3 Å². The van der Waals surface area contributed by atoms with Crippen LogP contribution in [-0.2, 0) is 9.59 Å². The Kier molecular flexibility index (Phi) is 3.73. The Morgan fingerprint density at radius 2 is 1.74 bits per heavy atom. The van der Waals surface area contributed by atoms with Gasteiger partial charge < -0.3 is 10.4 Å². The molecule has 2 aliphatic rings. The van der Waals surface area contributed by atoms with Gasteiger partial charge in [0, 0.05) is 6.04 Å². The Hall–Kier alpha value is -1.27. The van der Waals surface area contributed by atoms with E-state index in [9.17, 15) is 22.8 Å². The summed E-state index contributed by atoms with van der Waals surface area (Å²) < 4.78 is 38.5. The first-order chi connectivity index (χ1) is 8.80. The van der Waals surface area contributed by atoms with Gasteiger partial charge in [-0.05, 0) is 19.3 Å². The van der Waals surface area contributed by atoms with Crippen LogP contribution in [0.15, 0.2) is 0 Å². The molecule has 0 saturated heterocycles. The molecule has 4 nitrogen and oxygen atoms in total. The molecule has 0 heterocycles. The number of aliphatic carboxylic acids is 1. The number of carbonyl (C=O) groups excluding carboxylic acids is 1. The highest BCUT2D eigenvalue weighted by Gasteiger charge is 2.51. The Balaban J connectivity index is 1.93. The van der Waals surface area contributed by atoms with Crippen LogP contribution in [0, 0.1) is 17.8 Å². The molecule has 0 aromatic carbocycles. The third-order valence-electron chi connectivity index (χ3n) is 3.96. The number of hydrogen-bond donors (Lipinski definition) is 2. The Labute approximate surface area is 108 Å². The lowest BCUT2D eigenvalue weighted by Gasteiger charge is -2.33. The zero-order valence-electron chi connectivity index (χ0n) is 10.2. The maximum atomic E-state index is 12.8. The summed E-state index contributed by atoms with van der Waals surface area (Å²) >= 11 is 0. The molecule has 19 heavy (non-hydrogen) atoms. The van der Waals surface area contributed by atoms with E-state index in [-0.39, 0.29) is 12.8 Å². The molecule has 1 amide bonds. The number of amides is 1. The molecule has 2 rings (SSSR count). The lowest BCUT2D eigenvalue weighted by molar-refractivity contribution is -0.189. The summed E-state index contributed by atoms with van der Waals surface area (Å²) in [4.78, 5) is 22.4. The van der Waals surface area contributed by atoms with E-state index in [1.165, 1.54) is 0 Å². The van der Waals surface area contributed by atoms with E-state index in [0.717, 1.165) is 0 Å². The number of carbonyl (C=O) groups is 2. The molecule has 7 heteroatoms. The molecule has 0 aromatic heterocycles. The molecule has 2 N–H and O–H groups in total. The normalized spacial score (nSPS) is 34.7. The molecule has 0 bridgehead atoms. The minimum absolute atomic E-state index is 0.0292. The van der Waals surface area contributed by atoms with Crippen LogP contribution in [0.2, 0.25) is 0 Å². The summed E-state index contributed by atoms with van der Waals surface area (Å²) in [7, 11) is 0. The van der Waals surface area contributed by atoms with Crippen molar-refractivity contribution in [2.75, 3.05) is 0 Å². The van der Waals surface area contributed by atoms with Crippen molar-refractivity contribution >= 4 is 11.9 Å². The van der Waals surface area contributed by atoms with Crippen molar-refractivity contribution in [1.82, 2.24) is 5.32 Å². The third kappa shape index (κ3) is 3.19. The maximum Gasteiger partial charge on any atom is 0.393 e. The molecule has 0 aliphatic heterocycles. The summed E-state index contributed by atoms with van der Waals surface area (Å²) in [5.74, 6) is -4.50. The van der Waals surface area contributed by atoms with E-state index in [4.69, 9.17) is 5.11 Å². The highest BCUT2D eigenvalue weighted by Crippen LogP contribution is 2.41. The molecule has 0 spiro atoms. The Bertz CT molecular complexity index is 383. The van der Waals surface area contributed by atoms with Gasteiger partial charge in [-0.1, -0.05) is 12.8 Å².